The zero-order valence-electron chi connectivity index (χ0n) is 72.6. The SMILES string of the molecule is CCCCCCCCCCCCCCCCCC(=O)O[C@H](COC(=O)CCCCCCCCCCCCC)COP(=O)(O)OC[C@H](O)COP(=O)(O)OC[C@@H](COC(=O)CCCCCCCCCCCCCCCCCCCCC(C)CC)OC(=O)CCCCCCCCCCCCCCCCCCCCC(C)CC. The fraction of sp³-hybridized carbons (Fsp3) is 0.956. The molecule has 3 N–H and O–H groups in total. The number of unbranched alkanes of at least 4 members (excludes halogenated alkanes) is 58. The normalized spacial score (nSPS) is 14.2. The van der Waals surface area contributed by atoms with Crippen LogP contribution in [0.1, 0.15) is 491 Å². The molecule has 0 heterocycles. The van der Waals surface area contributed by atoms with Gasteiger partial charge in [-0.1, -0.05) is 440 Å². The van der Waals surface area contributed by atoms with Crippen molar-refractivity contribution in [1.29, 1.82) is 0 Å². The topological polar surface area (TPSA) is 237 Å². The standard InChI is InChI=1S/C91H178O17P2/c1-7-11-13-15-17-19-21-22-31-39-45-51-57-63-69-75-90(95)107-86(79-101-88(93)73-67-61-55-49-41-20-18-16-14-12-8-2)81-105-109(97,98)103-77-85(92)78-104-110(99,100)106-82-87(108-91(96)76-70-64-58-52-46-40-35-30-26-24-28-33-37-43-48-54-60-66-72-84(6)10-4)80-102-89(94)74-68-62-56-50-44-38-34-29-25-23-27-32-36-42-47-53-59-65-71-83(5)9-3/h83-87,92H,7-82H2,1-6H3,(H,97,98)(H,99,100)/t83?,84?,85-,86+,87+/m0/s1. The molecule has 7 atom stereocenters. The van der Waals surface area contributed by atoms with E-state index in [1.807, 2.05) is 0 Å². The van der Waals surface area contributed by atoms with Gasteiger partial charge in [0.2, 0.25) is 0 Å². The van der Waals surface area contributed by atoms with Crippen molar-refractivity contribution in [3.8, 4) is 0 Å². The van der Waals surface area contributed by atoms with E-state index in [4.69, 9.17) is 37.0 Å². The molecule has 0 aromatic heterocycles. The minimum Gasteiger partial charge on any atom is -0.462 e. The maximum atomic E-state index is 13.2. The molecule has 0 aromatic rings. The van der Waals surface area contributed by atoms with Crippen LogP contribution in [-0.4, -0.2) is 96.7 Å². The van der Waals surface area contributed by atoms with Crippen LogP contribution >= 0.6 is 15.6 Å². The number of hydrogen-bond donors (Lipinski definition) is 3. The molecular weight excluding hydrogens is 1430 g/mol. The summed E-state index contributed by atoms with van der Waals surface area (Å²) in [7, 11) is -9.93. The fourth-order valence-corrected chi connectivity index (χ4v) is 15.8. The number of esters is 4. The van der Waals surface area contributed by atoms with Gasteiger partial charge < -0.3 is 33.8 Å². The number of rotatable bonds is 90. The zero-order chi connectivity index (χ0) is 80.6. The summed E-state index contributed by atoms with van der Waals surface area (Å²) in [5.74, 6) is -0.350. The smallest absolute Gasteiger partial charge is 0.462 e. The Morgan fingerprint density at radius 2 is 0.436 bits per heavy atom. The highest BCUT2D eigenvalue weighted by Gasteiger charge is 2.31. The van der Waals surface area contributed by atoms with Crippen LogP contribution in [0.5, 0.6) is 0 Å². The third kappa shape index (κ3) is 81.2. The molecule has 110 heavy (non-hydrogen) atoms. The minimum atomic E-state index is -4.97. The van der Waals surface area contributed by atoms with Crippen LogP contribution in [0.25, 0.3) is 0 Å². The van der Waals surface area contributed by atoms with E-state index in [2.05, 4.69) is 41.5 Å². The van der Waals surface area contributed by atoms with Crippen molar-refractivity contribution in [3.63, 3.8) is 0 Å². The predicted octanol–water partition coefficient (Wildman–Crippen LogP) is 28.2. The Morgan fingerprint density at radius 3 is 0.645 bits per heavy atom. The Balaban J connectivity index is 5.22. The Hall–Kier alpha value is -1.94. The minimum absolute atomic E-state index is 0.109. The molecule has 0 saturated carbocycles. The molecule has 0 spiro atoms. The first-order valence-electron chi connectivity index (χ1n) is 47.1. The van der Waals surface area contributed by atoms with Crippen molar-refractivity contribution in [1.82, 2.24) is 0 Å². The molecule has 4 unspecified atom stereocenters. The molecular formula is C91H178O17P2. The van der Waals surface area contributed by atoms with Gasteiger partial charge in [0.1, 0.15) is 19.3 Å². The van der Waals surface area contributed by atoms with Crippen molar-refractivity contribution in [2.24, 2.45) is 11.8 Å². The van der Waals surface area contributed by atoms with Crippen LogP contribution in [0.15, 0.2) is 0 Å². The second-order valence-corrected chi connectivity index (χ2v) is 36.1. The van der Waals surface area contributed by atoms with Gasteiger partial charge in [0.05, 0.1) is 26.4 Å². The highest BCUT2D eigenvalue weighted by atomic mass is 31.2. The van der Waals surface area contributed by atoms with E-state index in [0.717, 1.165) is 102 Å². The quantitative estimate of drug-likeness (QED) is 0.0222. The summed E-state index contributed by atoms with van der Waals surface area (Å²) in [6, 6.07) is 0. The third-order valence-corrected chi connectivity index (χ3v) is 24.1. The number of carbonyl (C=O) groups excluding carboxylic acids is 4. The van der Waals surface area contributed by atoms with Crippen molar-refractivity contribution in [2.75, 3.05) is 39.6 Å². The van der Waals surface area contributed by atoms with Gasteiger partial charge in [-0.25, -0.2) is 9.13 Å². The van der Waals surface area contributed by atoms with E-state index in [1.165, 1.54) is 308 Å². The Morgan fingerprint density at radius 1 is 0.255 bits per heavy atom. The molecule has 0 aliphatic heterocycles. The van der Waals surface area contributed by atoms with Gasteiger partial charge in [0, 0.05) is 25.7 Å². The van der Waals surface area contributed by atoms with Gasteiger partial charge in [0.25, 0.3) is 0 Å². The summed E-state index contributed by atoms with van der Waals surface area (Å²) in [5, 5.41) is 10.7. The molecule has 0 bridgehead atoms. The number of ether oxygens (including phenoxy) is 4. The molecule has 0 fully saturated rings. The van der Waals surface area contributed by atoms with Crippen molar-refractivity contribution in [2.45, 2.75) is 509 Å². The Kier molecular flexibility index (Phi) is 80.7. The lowest BCUT2D eigenvalue weighted by molar-refractivity contribution is -0.161. The Bertz CT molecular complexity index is 2100. The van der Waals surface area contributed by atoms with Crippen LogP contribution < -0.4 is 0 Å². The molecule has 0 aliphatic carbocycles. The first kappa shape index (κ1) is 108. The van der Waals surface area contributed by atoms with Crippen LogP contribution in [0, 0.1) is 11.8 Å². The molecule has 0 saturated heterocycles. The number of phosphoric acid groups is 2. The van der Waals surface area contributed by atoms with E-state index in [9.17, 15) is 43.2 Å². The second-order valence-electron chi connectivity index (χ2n) is 33.2. The summed E-state index contributed by atoms with van der Waals surface area (Å²) < 4.78 is 69.0. The maximum Gasteiger partial charge on any atom is 0.472 e. The summed E-state index contributed by atoms with van der Waals surface area (Å²) >= 11 is 0. The van der Waals surface area contributed by atoms with Crippen LogP contribution in [-0.2, 0) is 65.4 Å². The lowest BCUT2D eigenvalue weighted by atomic mass is 9.99. The van der Waals surface area contributed by atoms with Crippen LogP contribution in [0.4, 0.5) is 0 Å². The number of phosphoric ester groups is 2. The average Bonchev–Trinajstić information content (AvgIpc) is 0.898. The number of carbonyl (C=O) groups is 4. The highest BCUT2D eigenvalue weighted by Crippen LogP contribution is 2.45. The van der Waals surface area contributed by atoms with Crippen molar-refractivity contribution < 1.29 is 80.2 Å². The number of hydrogen-bond acceptors (Lipinski definition) is 15. The molecule has 654 valence electrons. The predicted molar refractivity (Wildman–Crippen MR) is 455 cm³/mol. The molecule has 0 aromatic carbocycles. The summed E-state index contributed by atoms with van der Waals surface area (Å²) in [4.78, 5) is 73.4. The first-order chi connectivity index (χ1) is 53.4. The highest BCUT2D eigenvalue weighted by molar-refractivity contribution is 7.47. The summed E-state index contributed by atoms with van der Waals surface area (Å²) in [6.07, 6.45) is 76.3. The van der Waals surface area contributed by atoms with Gasteiger partial charge in [-0.05, 0) is 37.5 Å². The van der Waals surface area contributed by atoms with E-state index in [0.29, 0.717) is 25.7 Å². The monoisotopic (exact) mass is 1610 g/mol. The maximum absolute atomic E-state index is 13.2. The van der Waals surface area contributed by atoms with Crippen LogP contribution in [0.2, 0.25) is 0 Å². The van der Waals surface area contributed by atoms with Gasteiger partial charge >= 0.3 is 39.5 Å². The molecule has 19 heteroatoms. The third-order valence-electron chi connectivity index (χ3n) is 22.2. The fourth-order valence-electron chi connectivity index (χ4n) is 14.2. The zero-order valence-corrected chi connectivity index (χ0v) is 74.4. The van der Waals surface area contributed by atoms with Crippen LogP contribution in [0.3, 0.4) is 0 Å². The van der Waals surface area contributed by atoms with Gasteiger partial charge in [-0.3, -0.25) is 37.3 Å². The molecule has 0 rings (SSSR count). The average molecular weight is 1610 g/mol. The van der Waals surface area contributed by atoms with E-state index < -0.39 is 97.5 Å². The van der Waals surface area contributed by atoms with Gasteiger partial charge in [-0.15, -0.1) is 0 Å². The molecule has 0 aliphatic rings. The summed E-state index contributed by atoms with van der Waals surface area (Å²) in [6.45, 7) is 9.84. The lowest BCUT2D eigenvalue weighted by Gasteiger charge is -2.21. The van der Waals surface area contributed by atoms with Crippen molar-refractivity contribution in [3.05, 3.63) is 0 Å². The molecule has 0 radical (unpaired) electrons. The lowest BCUT2D eigenvalue weighted by Crippen LogP contribution is -2.30. The Labute approximate surface area is 677 Å². The number of aliphatic hydroxyl groups excluding tert-OH is 1. The van der Waals surface area contributed by atoms with Gasteiger partial charge in [-0.2, -0.15) is 0 Å². The largest absolute Gasteiger partial charge is 0.472 e. The summed E-state index contributed by atoms with van der Waals surface area (Å²) in [5.41, 5.74) is 0. The second kappa shape index (κ2) is 82.2. The van der Waals surface area contributed by atoms with Crippen molar-refractivity contribution >= 4 is 39.5 Å². The van der Waals surface area contributed by atoms with E-state index >= 15 is 0 Å². The number of aliphatic hydroxyl groups is 1. The molecule has 0 amide bonds. The first-order valence-corrected chi connectivity index (χ1v) is 50.1. The van der Waals surface area contributed by atoms with E-state index in [1.54, 1.807) is 0 Å². The van der Waals surface area contributed by atoms with Gasteiger partial charge in [0.15, 0.2) is 12.2 Å². The van der Waals surface area contributed by atoms with E-state index in [-0.39, 0.29) is 25.7 Å². The molecule has 17 nitrogen and oxygen atoms in total.